The molecule has 3 rings (SSSR count). The molecule has 1 fully saturated rings. The Morgan fingerprint density at radius 2 is 1.90 bits per heavy atom. The average molecular weight is 400 g/mol. The van der Waals surface area contributed by atoms with Crippen LogP contribution in [0.15, 0.2) is 42.5 Å². The largest absolute Gasteiger partial charge is 0.490 e. The highest BCUT2D eigenvalue weighted by molar-refractivity contribution is 6.03. The summed E-state index contributed by atoms with van der Waals surface area (Å²) in [5.74, 6) is -2.00. The molecule has 0 bridgehead atoms. The molecule has 2 aromatic carbocycles. The Hall–Kier alpha value is -3.62. The van der Waals surface area contributed by atoms with Gasteiger partial charge in [-0.3, -0.25) is 14.9 Å². The molecule has 1 amide bonds. The van der Waals surface area contributed by atoms with Gasteiger partial charge in [0.15, 0.2) is 11.3 Å². The van der Waals surface area contributed by atoms with Crippen LogP contribution in [0, 0.1) is 10.1 Å². The first-order valence-corrected chi connectivity index (χ1v) is 9.00. The van der Waals surface area contributed by atoms with E-state index in [0.29, 0.717) is 12.8 Å². The number of benzene rings is 2. The molecule has 152 valence electrons. The summed E-state index contributed by atoms with van der Waals surface area (Å²) in [6, 6.07) is 10.9. The topological polar surface area (TPSA) is 119 Å². The Labute approximate surface area is 166 Å². The van der Waals surface area contributed by atoms with Crippen molar-refractivity contribution in [2.75, 3.05) is 13.7 Å². The summed E-state index contributed by atoms with van der Waals surface area (Å²) >= 11 is 0. The molecular formula is C20H20N2O7. The van der Waals surface area contributed by atoms with E-state index in [2.05, 4.69) is 0 Å². The van der Waals surface area contributed by atoms with Gasteiger partial charge in [0.1, 0.15) is 18.4 Å². The molecule has 0 aromatic heterocycles. The fourth-order valence-electron chi connectivity index (χ4n) is 3.37. The fraction of sp³-hybridized carbons (Fsp3) is 0.300. The quantitative estimate of drug-likeness (QED) is 0.560. The minimum absolute atomic E-state index is 0.00221. The van der Waals surface area contributed by atoms with E-state index in [1.807, 2.05) is 30.3 Å². The Morgan fingerprint density at radius 1 is 1.21 bits per heavy atom. The van der Waals surface area contributed by atoms with Crippen LogP contribution in [0.3, 0.4) is 0 Å². The summed E-state index contributed by atoms with van der Waals surface area (Å²) < 4.78 is 10.8. The van der Waals surface area contributed by atoms with Crippen molar-refractivity contribution in [1.82, 2.24) is 4.90 Å². The monoisotopic (exact) mass is 400 g/mol. The van der Waals surface area contributed by atoms with Crippen molar-refractivity contribution in [1.29, 1.82) is 0 Å². The first kappa shape index (κ1) is 20.1. The van der Waals surface area contributed by atoms with Crippen LogP contribution in [0.4, 0.5) is 5.69 Å². The van der Waals surface area contributed by atoms with Crippen molar-refractivity contribution >= 4 is 17.6 Å². The van der Waals surface area contributed by atoms with Crippen LogP contribution in [0.25, 0.3) is 0 Å². The third-order valence-corrected chi connectivity index (χ3v) is 4.75. The number of carbonyl (C=O) groups is 2. The Morgan fingerprint density at radius 3 is 2.52 bits per heavy atom. The maximum Gasteiger partial charge on any atom is 0.327 e. The molecule has 9 nitrogen and oxygen atoms in total. The molecule has 1 aliphatic heterocycles. The zero-order chi connectivity index (χ0) is 21.0. The highest BCUT2D eigenvalue weighted by Gasteiger charge is 2.40. The molecule has 0 saturated carbocycles. The van der Waals surface area contributed by atoms with Crippen molar-refractivity contribution in [3.63, 3.8) is 0 Å². The van der Waals surface area contributed by atoms with Gasteiger partial charge in [-0.25, -0.2) is 4.79 Å². The van der Waals surface area contributed by atoms with Crippen molar-refractivity contribution in [3.8, 4) is 11.5 Å². The fourth-order valence-corrected chi connectivity index (χ4v) is 3.37. The number of rotatable bonds is 7. The van der Waals surface area contributed by atoms with Gasteiger partial charge in [-0.15, -0.1) is 0 Å². The van der Waals surface area contributed by atoms with Gasteiger partial charge in [-0.1, -0.05) is 30.3 Å². The summed E-state index contributed by atoms with van der Waals surface area (Å²) in [6.45, 7) is 0.287. The van der Waals surface area contributed by atoms with Gasteiger partial charge < -0.3 is 19.5 Å². The Kier molecular flexibility index (Phi) is 5.96. The van der Waals surface area contributed by atoms with Gasteiger partial charge in [0.2, 0.25) is 0 Å². The molecule has 29 heavy (non-hydrogen) atoms. The lowest BCUT2D eigenvalue weighted by Crippen LogP contribution is -2.40. The maximum atomic E-state index is 13.2. The van der Waals surface area contributed by atoms with Gasteiger partial charge in [-0.05, 0) is 30.5 Å². The van der Waals surface area contributed by atoms with Crippen molar-refractivity contribution in [2.24, 2.45) is 0 Å². The first-order valence-electron chi connectivity index (χ1n) is 9.00. The molecule has 0 aliphatic carbocycles. The number of hydrogen-bond acceptors (Lipinski definition) is 6. The Bertz CT molecular complexity index is 930. The second kappa shape index (κ2) is 8.59. The number of nitrogens with zero attached hydrogens (tertiary/aromatic N) is 2. The molecule has 0 unspecified atom stereocenters. The number of methoxy groups -OCH3 is 1. The third-order valence-electron chi connectivity index (χ3n) is 4.75. The predicted octanol–water partition coefficient (Wildman–Crippen LogP) is 2.87. The SMILES string of the molecule is COc1ccc(OCc2ccccc2)c(C(=O)N2CCC[C@H]2C(=O)O)c1[N+](=O)[O-]. The van der Waals surface area contributed by atoms with E-state index in [4.69, 9.17) is 9.47 Å². The van der Waals surface area contributed by atoms with E-state index in [1.54, 1.807) is 0 Å². The predicted molar refractivity (Wildman–Crippen MR) is 102 cm³/mol. The van der Waals surface area contributed by atoms with E-state index in [9.17, 15) is 24.8 Å². The number of carboxylic acids is 1. The van der Waals surface area contributed by atoms with Gasteiger partial charge in [-0.2, -0.15) is 0 Å². The average Bonchev–Trinajstić information content (AvgIpc) is 3.22. The lowest BCUT2D eigenvalue weighted by molar-refractivity contribution is -0.386. The number of nitro benzene ring substituents is 1. The number of carbonyl (C=O) groups excluding carboxylic acids is 1. The molecule has 1 N–H and O–H groups in total. The third kappa shape index (κ3) is 4.13. The summed E-state index contributed by atoms with van der Waals surface area (Å²) in [6.07, 6.45) is 0.791. The smallest absolute Gasteiger partial charge is 0.327 e. The molecule has 1 atom stereocenters. The van der Waals surface area contributed by atoms with Crippen LogP contribution in [-0.4, -0.2) is 46.5 Å². The van der Waals surface area contributed by atoms with Crippen LogP contribution in [0.1, 0.15) is 28.8 Å². The van der Waals surface area contributed by atoms with Crippen LogP contribution < -0.4 is 9.47 Å². The number of hydrogen-bond donors (Lipinski definition) is 1. The van der Waals surface area contributed by atoms with Gasteiger partial charge >= 0.3 is 11.7 Å². The molecule has 9 heteroatoms. The van der Waals surface area contributed by atoms with E-state index in [1.165, 1.54) is 19.2 Å². The molecule has 0 radical (unpaired) electrons. The van der Waals surface area contributed by atoms with Gasteiger partial charge in [0.25, 0.3) is 5.91 Å². The van der Waals surface area contributed by atoms with E-state index >= 15 is 0 Å². The van der Waals surface area contributed by atoms with Crippen LogP contribution in [0.5, 0.6) is 11.5 Å². The van der Waals surface area contributed by atoms with Crippen molar-refractivity contribution in [3.05, 3.63) is 63.7 Å². The molecule has 2 aromatic rings. The highest BCUT2D eigenvalue weighted by atomic mass is 16.6. The standard InChI is InChI=1S/C20H20N2O7/c1-28-16-10-9-15(29-12-13-6-3-2-4-7-13)17(18(16)22(26)27)19(23)21-11-5-8-14(21)20(24)25/h2-4,6-7,9-10,14H,5,8,11-12H2,1H3,(H,24,25)/t14-/m0/s1. The van der Waals surface area contributed by atoms with Gasteiger partial charge in [0, 0.05) is 6.54 Å². The Balaban J connectivity index is 2.04. The van der Waals surface area contributed by atoms with E-state index in [0.717, 1.165) is 10.5 Å². The zero-order valence-electron chi connectivity index (χ0n) is 15.7. The van der Waals surface area contributed by atoms with E-state index in [-0.39, 0.29) is 30.2 Å². The van der Waals surface area contributed by atoms with Crippen LogP contribution >= 0.6 is 0 Å². The highest BCUT2D eigenvalue weighted by Crippen LogP contribution is 2.39. The van der Waals surface area contributed by atoms with E-state index < -0.39 is 28.5 Å². The number of ether oxygens (including phenoxy) is 2. The summed E-state index contributed by atoms with van der Waals surface area (Å²) in [7, 11) is 1.26. The van der Waals surface area contributed by atoms with Crippen LogP contribution in [0.2, 0.25) is 0 Å². The minimum atomic E-state index is -1.15. The lowest BCUT2D eigenvalue weighted by atomic mass is 10.1. The van der Waals surface area contributed by atoms with Crippen LogP contribution in [-0.2, 0) is 11.4 Å². The molecule has 1 heterocycles. The summed E-state index contributed by atoms with van der Waals surface area (Å²) in [5.41, 5.74) is -0.0357. The summed E-state index contributed by atoms with van der Waals surface area (Å²) in [5, 5.41) is 21.1. The second-order valence-electron chi connectivity index (χ2n) is 6.52. The number of nitro groups is 1. The second-order valence-corrected chi connectivity index (χ2v) is 6.52. The normalized spacial score (nSPS) is 15.8. The molecule has 1 saturated heterocycles. The number of likely N-dealkylation sites (tertiary alicyclic amines) is 1. The molecule has 1 aliphatic rings. The van der Waals surface area contributed by atoms with Crippen molar-refractivity contribution in [2.45, 2.75) is 25.5 Å². The van der Waals surface area contributed by atoms with Gasteiger partial charge in [0.05, 0.1) is 12.0 Å². The molecular weight excluding hydrogens is 380 g/mol. The zero-order valence-corrected chi connectivity index (χ0v) is 15.7. The lowest BCUT2D eigenvalue weighted by Gasteiger charge is -2.23. The number of carboxylic acid groups (broad SMARTS) is 1. The van der Waals surface area contributed by atoms with Crippen molar-refractivity contribution < 1.29 is 29.1 Å². The maximum absolute atomic E-state index is 13.2. The number of amides is 1. The summed E-state index contributed by atoms with van der Waals surface area (Å²) in [4.78, 5) is 36.9. The molecule has 0 spiro atoms. The number of aliphatic carboxylic acids is 1. The minimum Gasteiger partial charge on any atom is -0.490 e. The first-order chi connectivity index (χ1) is 13.9.